The lowest BCUT2D eigenvalue weighted by Crippen LogP contribution is -2.16. The zero-order chi connectivity index (χ0) is 15.5. The number of ether oxygens (including phenoxy) is 1. The number of nitrogens with two attached hydrogens (primary N) is 1. The number of nitrogens with one attached hydrogen (secondary N) is 1. The van der Waals surface area contributed by atoms with Crippen LogP contribution in [0, 0.1) is 0 Å². The Labute approximate surface area is 131 Å². The lowest BCUT2D eigenvalue weighted by molar-refractivity contribution is -0.274. The Balaban J connectivity index is 1.97. The highest BCUT2D eigenvalue weighted by Gasteiger charge is 2.30. The number of anilines is 2. The van der Waals surface area contributed by atoms with Gasteiger partial charge in [-0.1, -0.05) is 15.9 Å². The first kappa shape index (κ1) is 15.8. The van der Waals surface area contributed by atoms with Crippen molar-refractivity contribution in [2.24, 2.45) is 0 Å². The van der Waals surface area contributed by atoms with Gasteiger partial charge in [0.25, 0.3) is 0 Å². The van der Waals surface area contributed by atoms with Crippen molar-refractivity contribution in [2.45, 2.75) is 11.3 Å². The van der Waals surface area contributed by atoms with E-state index in [9.17, 15) is 13.2 Å². The average Bonchev–Trinajstić information content (AvgIpc) is 2.38. The highest BCUT2D eigenvalue weighted by Crippen LogP contribution is 2.29. The maximum atomic E-state index is 12.0. The number of rotatable bonds is 4. The van der Waals surface area contributed by atoms with Gasteiger partial charge in [0, 0.05) is 9.37 Å². The zero-order valence-corrected chi connectivity index (χ0v) is 12.8. The Morgan fingerprint density at radius 2 is 1.76 bits per heavy atom. The largest absolute Gasteiger partial charge is 0.573 e. The normalized spacial score (nSPS) is 11.2. The third-order valence-corrected chi connectivity index (χ3v) is 3.67. The molecule has 2 aromatic rings. The molecule has 2 rings (SSSR count). The third-order valence-electron chi connectivity index (χ3n) is 2.35. The molecule has 112 valence electrons. The molecule has 3 nitrogen and oxygen atoms in total. The van der Waals surface area contributed by atoms with Crippen LogP contribution in [0.5, 0.6) is 5.75 Å². The van der Waals surface area contributed by atoms with Gasteiger partial charge < -0.3 is 15.2 Å². The zero-order valence-electron chi connectivity index (χ0n) is 10.4. The van der Waals surface area contributed by atoms with E-state index in [-0.39, 0.29) is 5.75 Å². The first-order valence-electron chi connectivity index (χ1n) is 5.67. The molecule has 0 radical (unpaired) electrons. The van der Waals surface area contributed by atoms with Crippen LogP contribution in [-0.4, -0.2) is 6.36 Å². The highest BCUT2D eigenvalue weighted by molar-refractivity contribution is 9.10. The van der Waals surface area contributed by atoms with Crippen molar-refractivity contribution < 1.29 is 17.9 Å². The Morgan fingerprint density at radius 1 is 1.10 bits per heavy atom. The summed E-state index contributed by atoms with van der Waals surface area (Å²) in [6, 6.07) is 10.9. The molecule has 2 aromatic carbocycles. The minimum Gasteiger partial charge on any atom is -0.406 e. The summed E-state index contributed by atoms with van der Waals surface area (Å²) in [4.78, 5) is 0.729. The van der Waals surface area contributed by atoms with E-state index >= 15 is 0 Å². The molecule has 0 atom stereocenters. The second kappa shape index (κ2) is 6.48. The first-order chi connectivity index (χ1) is 9.83. The Morgan fingerprint density at radius 3 is 2.33 bits per heavy atom. The van der Waals surface area contributed by atoms with E-state index in [1.165, 1.54) is 36.2 Å². The van der Waals surface area contributed by atoms with Crippen molar-refractivity contribution in [2.75, 3.05) is 10.5 Å². The SMILES string of the molecule is Nc1cc(Br)ccc1NSc1ccc(OC(F)(F)F)cc1. The van der Waals surface area contributed by atoms with Crippen molar-refractivity contribution in [1.82, 2.24) is 0 Å². The van der Waals surface area contributed by atoms with E-state index in [1.807, 2.05) is 6.07 Å². The van der Waals surface area contributed by atoms with Gasteiger partial charge in [0.05, 0.1) is 11.4 Å². The third kappa shape index (κ3) is 5.05. The molecule has 0 aliphatic heterocycles. The van der Waals surface area contributed by atoms with Crippen molar-refractivity contribution >= 4 is 39.3 Å². The van der Waals surface area contributed by atoms with Gasteiger partial charge in [-0.3, -0.25) is 0 Å². The van der Waals surface area contributed by atoms with Crippen LogP contribution < -0.4 is 15.2 Å². The molecule has 0 unspecified atom stereocenters. The Bertz CT molecular complexity index is 620. The van der Waals surface area contributed by atoms with Gasteiger partial charge in [-0.15, -0.1) is 13.2 Å². The quantitative estimate of drug-likeness (QED) is 0.577. The fraction of sp³-hybridized carbons (Fsp3) is 0.0769. The van der Waals surface area contributed by atoms with E-state index in [0.29, 0.717) is 5.69 Å². The molecular formula is C13H10BrF3N2OS. The van der Waals surface area contributed by atoms with Gasteiger partial charge in [-0.2, -0.15) is 0 Å². The van der Waals surface area contributed by atoms with Crippen LogP contribution in [0.3, 0.4) is 0 Å². The molecule has 3 N–H and O–H groups in total. The van der Waals surface area contributed by atoms with Crippen LogP contribution in [0.1, 0.15) is 0 Å². The van der Waals surface area contributed by atoms with E-state index in [1.54, 1.807) is 12.1 Å². The summed E-state index contributed by atoms with van der Waals surface area (Å²) in [5.41, 5.74) is 7.11. The molecule has 0 heterocycles. The van der Waals surface area contributed by atoms with E-state index in [4.69, 9.17) is 5.73 Å². The summed E-state index contributed by atoms with van der Waals surface area (Å²) >= 11 is 4.54. The molecule has 0 saturated carbocycles. The lowest BCUT2D eigenvalue weighted by Gasteiger charge is -2.10. The van der Waals surface area contributed by atoms with Crippen molar-refractivity contribution in [3.8, 4) is 5.75 Å². The molecule has 0 saturated heterocycles. The average molecular weight is 379 g/mol. The number of nitrogen functional groups attached to an aromatic ring is 1. The molecule has 8 heteroatoms. The summed E-state index contributed by atoms with van der Waals surface area (Å²) in [7, 11) is 0. The molecule has 0 aromatic heterocycles. The summed E-state index contributed by atoms with van der Waals surface area (Å²) in [6.07, 6.45) is -4.68. The van der Waals surface area contributed by atoms with Gasteiger partial charge in [0.15, 0.2) is 0 Å². The smallest absolute Gasteiger partial charge is 0.406 e. The molecule has 0 amide bonds. The Kier molecular flexibility index (Phi) is 4.89. The van der Waals surface area contributed by atoms with E-state index in [0.717, 1.165) is 15.1 Å². The second-order valence-corrected chi connectivity index (χ2v) is 5.75. The lowest BCUT2D eigenvalue weighted by atomic mass is 10.3. The highest BCUT2D eigenvalue weighted by atomic mass is 79.9. The summed E-state index contributed by atoms with van der Waals surface area (Å²) in [5, 5.41) is 0. The van der Waals surface area contributed by atoms with Crippen molar-refractivity contribution in [3.05, 3.63) is 46.9 Å². The van der Waals surface area contributed by atoms with Gasteiger partial charge in [0.2, 0.25) is 0 Å². The minimum atomic E-state index is -4.68. The van der Waals surface area contributed by atoms with Gasteiger partial charge in [0.1, 0.15) is 5.75 Å². The maximum Gasteiger partial charge on any atom is 0.573 e. The molecule has 0 aliphatic carbocycles. The monoisotopic (exact) mass is 378 g/mol. The fourth-order valence-electron chi connectivity index (χ4n) is 1.45. The van der Waals surface area contributed by atoms with Crippen molar-refractivity contribution in [1.29, 1.82) is 0 Å². The summed E-state index contributed by atoms with van der Waals surface area (Å²) < 4.78 is 43.8. The number of alkyl halides is 3. The van der Waals surface area contributed by atoms with Crippen LogP contribution in [-0.2, 0) is 0 Å². The number of hydrogen-bond donors (Lipinski definition) is 2. The van der Waals surface area contributed by atoms with Crippen LogP contribution in [0.4, 0.5) is 24.5 Å². The summed E-state index contributed by atoms with van der Waals surface area (Å²) in [6.45, 7) is 0. The minimum absolute atomic E-state index is 0.255. The molecule has 0 fully saturated rings. The van der Waals surface area contributed by atoms with Crippen LogP contribution >= 0.6 is 27.9 Å². The van der Waals surface area contributed by atoms with Gasteiger partial charge in [-0.25, -0.2) is 0 Å². The number of halogens is 4. The molecular weight excluding hydrogens is 369 g/mol. The topological polar surface area (TPSA) is 47.3 Å². The molecule has 0 spiro atoms. The van der Waals surface area contributed by atoms with Crippen molar-refractivity contribution in [3.63, 3.8) is 0 Å². The standard InChI is InChI=1S/C13H10BrF3N2OS/c14-8-1-6-12(11(18)7-8)19-21-10-4-2-9(3-5-10)20-13(15,16)17/h1-7,19H,18H2. The van der Waals surface area contributed by atoms with Crippen LogP contribution in [0.15, 0.2) is 51.8 Å². The maximum absolute atomic E-state index is 12.0. The first-order valence-corrected chi connectivity index (χ1v) is 7.28. The summed E-state index contributed by atoms with van der Waals surface area (Å²) in [5.74, 6) is -0.255. The second-order valence-electron chi connectivity index (χ2n) is 3.95. The molecule has 0 bridgehead atoms. The number of benzene rings is 2. The van der Waals surface area contributed by atoms with Crippen LogP contribution in [0.25, 0.3) is 0 Å². The molecule has 0 aliphatic rings. The fourth-order valence-corrected chi connectivity index (χ4v) is 2.51. The van der Waals surface area contributed by atoms with Gasteiger partial charge >= 0.3 is 6.36 Å². The van der Waals surface area contributed by atoms with Gasteiger partial charge in [-0.05, 0) is 54.4 Å². The molecule has 21 heavy (non-hydrogen) atoms. The number of hydrogen-bond acceptors (Lipinski definition) is 4. The predicted molar refractivity (Wildman–Crippen MR) is 81.2 cm³/mol. The van der Waals surface area contributed by atoms with E-state index < -0.39 is 6.36 Å². The predicted octanol–water partition coefficient (Wildman–Crippen LogP) is 5.05. The van der Waals surface area contributed by atoms with E-state index in [2.05, 4.69) is 25.4 Å². The Hall–Kier alpha value is -1.54. The van der Waals surface area contributed by atoms with Crippen LogP contribution in [0.2, 0.25) is 0 Å².